The normalized spacial score (nSPS) is 16.9. The maximum absolute atomic E-state index is 13.5. The minimum Gasteiger partial charge on any atom is -0.457 e. The molecule has 0 saturated carbocycles. The number of rotatable bonds is 5. The van der Waals surface area contributed by atoms with Crippen molar-refractivity contribution >= 4 is 41.0 Å². The van der Waals surface area contributed by atoms with Crippen LogP contribution >= 0.6 is 23.4 Å². The Bertz CT molecular complexity index is 1290. The number of halogens is 1. The standard InChI is InChI=1S/C28H20ClNO2S/c29-22-14-16-23(17-15-22)30-27(31)26(33-28(30)21-9-3-1-4-10-21)19-20-8-7-13-25(18-20)32-24-11-5-2-6-12-24/h1-19,28H. The minimum atomic E-state index is -0.158. The summed E-state index contributed by atoms with van der Waals surface area (Å²) in [6.07, 6.45) is 1.93. The lowest BCUT2D eigenvalue weighted by Crippen LogP contribution is -2.27. The molecule has 1 saturated heterocycles. The molecule has 0 aliphatic carbocycles. The largest absolute Gasteiger partial charge is 0.457 e. The topological polar surface area (TPSA) is 29.5 Å². The van der Waals surface area contributed by atoms with E-state index in [1.807, 2.05) is 120 Å². The van der Waals surface area contributed by atoms with Gasteiger partial charge in [0.25, 0.3) is 5.91 Å². The smallest absolute Gasteiger partial charge is 0.266 e. The molecule has 0 spiro atoms. The molecule has 5 rings (SSSR count). The molecule has 4 aromatic carbocycles. The van der Waals surface area contributed by atoms with Crippen molar-refractivity contribution in [1.82, 2.24) is 0 Å². The third-order valence-electron chi connectivity index (χ3n) is 5.23. The fourth-order valence-electron chi connectivity index (χ4n) is 3.68. The van der Waals surface area contributed by atoms with E-state index >= 15 is 0 Å². The number of benzene rings is 4. The number of carbonyl (C=O) groups excluding carboxylic acids is 1. The maximum atomic E-state index is 13.5. The van der Waals surface area contributed by atoms with Gasteiger partial charge >= 0.3 is 0 Å². The summed E-state index contributed by atoms with van der Waals surface area (Å²) in [5, 5.41) is 0.482. The van der Waals surface area contributed by atoms with Crippen LogP contribution in [0.3, 0.4) is 0 Å². The number of carbonyl (C=O) groups is 1. The number of thioether (sulfide) groups is 1. The van der Waals surface area contributed by atoms with E-state index in [0.29, 0.717) is 9.93 Å². The molecule has 0 aromatic heterocycles. The molecule has 4 aromatic rings. The molecule has 1 aliphatic rings. The number of hydrogen-bond donors (Lipinski definition) is 0. The minimum absolute atomic E-state index is 0.0365. The first-order chi connectivity index (χ1) is 16.2. The van der Waals surface area contributed by atoms with Crippen molar-refractivity contribution in [2.75, 3.05) is 4.90 Å². The van der Waals surface area contributed by atoms with Gasteiger partial charge in [0, 0.05) is 10.7 Å². The van der Waals surface area contributed by atoms with Crippen LogP contribution < -0.4 is 9.64 Å². The van der Waals surface area contributed by atoms with E-state index in [0.717, 1.165) is 28.3 Å². The van der Waals surface area contributed by atoms with Gasteiger partial charge < -0.3 is 4.74 Å². The van der Waals surface area contributed by atoms with Crippen molar-refractivity contribution < 1.29 is 9.53 Å². The van der Waals surface area contributed by atoms with Gasteiger partial charge in [0.05, 0.1) is 4.91 Å². The zero-order valence-electron chi connectivity index (χ0n) is 17.6. The zero-order chi connectivity index (χ0) is 22.6. The first-order valence-electron chi connectivity index (χ1n) is 10.5. The van der Waals surface area contributed by atoms with E-state index in [1.54, 1.807) is 11.8 Å². The quantitative estimate of drug-likeness (QED) is 0.278. The lowest BCUT2D eigenvalue weighted by molar-refractivity contribution is -0.114. The van der Waals surface area contributed by atoms with E-state index in [4.69, 9.17) is 16.3 Å². The van der Waals surface area contributed by atoms with Crippen molar-refractivity contribution in [3.8, 4) is 11.5 Å². The molecular formula is C28H20ClNO2S. The predicted molar refractivity (Wildman–Crippen MR) is 137 cm³/mol. The maximum Gasteiger partial charge on any atom is 0.266 e. The third-order valence-corrected chi connectivity index (χ3v) is 6.73. The molecule has 1 atom stereocenters. The highest BCUT2D eigenvalue weighted by Gasteiger charge is 2.38. The Balaban J connectivity index is 1.48. The molecule has 1 unspecified atom stereocenters. The summed E-state index contributed by atoms with van der Waals surface area (Å²) < 4.78 is 5.96. The van der Waals surface area contributed by atoms with E-state index < -0.39 is 0 Å². The Kier molecular flexibility index (Phi) is 6.20. The molecule has 0 N–H and O–H groups in total. The van der Waals surface area contributed by atoms with Gasteiger partial charge in [-0.25, -0.2) is 0 Å². The van der Waals surface area contributed by atoms with Gasteiger partial charge in [-0.15, -0.1) is 0 Å². The van der Waals surface area contributed by atoms with Crippen molar-refractivity contribution in [2.45, 2.75) is 5.37 Å². The highest BCUT2D eigenvalue weighted by atomic mass is 35.5. The van der Waals surface area contributed by atoms with Crippen LogP contribution in [0, 0.1) is 0 Å². The average Bonchev–Trinajstić information content (AvgIpc) is 3.17. The van der Waals surface area contributed by atoms with Crippen molar-refractivity contribution in [1.29, 1.82) is 0 Å². The number of anilines is 1. The predicted octanol–water partition coefficient (Wildman–Crippen LogP) is 7.95. The fraction of sp³-hybridized carbons (Fsp3) is 0.0357. The third kappa shape index (κ3) is 4.82. The Morgan fingerprint density at radius 2 is 1.45 bits per heavy atom. The summed E-state index contributed by atoms with van der Waals surface area (Å²) in [6, 6.07) is 34.8. The lowest BCUT2D eigenvalue weighted by Gasteiger charge is -2.23. The van der Waals surface area contributed by atoms with E-state index in [9.17, 15) is 4.79 Å². The first-order valence-corrected chi connectivity index (χ1v) is 11.8. The molecule has 0 bridgehead atoms. The fourth-order valence-corrected chi connectivity index (χ4v) is 5.06. The molecule has 33 heavy (non-hydrogen) atoms. The molecule has 1 aliphatic heterocycles. The van der Waals surface area contributed by atoms with Gasteiger partial charge in [-0.2, -0.15) is 0 Å². The monoisotopic (exact) mass is 469 g/mol. The van der Waals surface area contributed by atoms with Gasteiger partial charge in [0.2, 0.25) is 0 Å². The summed E-state index contributed by atoms with van der Waals surface area (Å²) in [4.78, 5) is 16.0. The Hall–Kier alpha value is -3.47. The van der Waals surface area contributed by atoms with E-state index in [-0.39, 0.29) is 11.3 Å². The second-order valence-electron chi connectivity index (χ2n) is 7.53. The van der Waals surface area contributed by atoms with Gasteiger partial charge in [-0.3, -0.25) is 9.69 Å². The summed E-state index contributed by atoms with van der Waals surface area (Å²) in [5.74, 6) is 1.46. The first kappa shape index (κ1) is 21.4. The second kappa shape index (κ2) is 9.57. The molecule has 1 amide bonds. The van der Waals surface area contributed by atoms with Crippen molar-refractivity contribution in [2.24, 2.45) is 0 Å². The summed E-state index contributed by atoms with van der Waals surface area (Å²) in [5.41, 5.74) is 2.79. The molecule has 3 nitrogen and oxygen atoms in total. The zero-order valence-corrected chi connectivity index (χ0v) is 19.2. The van der Waals surface area contributed by atoms with E-state index in [2.05, 4.69) is 0 Å². The van der Waals surface area contributed by atoms with Gasteiger partial charge in [-0.05, 0) is 65.7 Å². The Morgan fingerprint density at radius 3 is 2.18 bits per heavy atom. The Morgan fingerprint density at radius 1 is 0.788 bits per heavy atom. The van der Waals surface area contributed by atoms with Crippen molar-refractivity contribution in [3.63, 3.8) is 0 Å². The summed E-state index contributed by atoms with van der Waals surface area (Å²) >= 11 is 7.63. The van der Waals surface area contributed by atoms with Crippen LogP contribution in [0.15, 0.2) is 114 Å². The molecule has 1 fully saturated rings. The van der Waals surface area contributed by atoms with Gasteiger partial charge in [0.15, 0.2) is 0 Å². The van der Waals surface area contributed by atoms with Crippen LogP contribution in [0.5, 0.6) is 11.5 Å². The molecule has 0 radical (unpaired) electrons. The SMILES string of the molecule is O=C1C(=Cc2cccc(Oc3ccccc3)c2)SC(c2ccccc2)N1c1ccc(Cl)cc1. The average molecular weight is 470 g/mol. The summed E-state index contributed by atoms with van der Waals surface area (Å²) in [7, 11) is 0. The number of para-hydroxylation sites is 1. The molecule has 162 valence electrons. The number of hydrogen-bond acceptors (Lipinski definition) is 3. The van der Waals surface area contributed by atoms with Crippen LogP contribution in [0.1, 0.15) is 16.5 Å². The van der Waals surface area contributed by atoms with Crippen LogP contribution in [-0.2, 0) is 4.79 Å². The number of nitrogens with zero attached hydrogens (tertiary/aromatic N) is 1. The molecular weight excluding hydrogens is 450 g/mol. The van der Waals surface area contributed by atoms with Crippen LogP contribution in [0.4, 0.5) is 5.69 Å². The molecule has 1 heterocycles. The van der Waals surface area contributed by atoms with Crippen LogP contribution in [-0.4, -0.2) is 5.91 Å². The summed E-state index contributed by atoms with van der Waals surface area (Å²) in [6.45, 7) is 0. The van der Waals surface area contributed by atoms with Gasteiger partial charge in [0.1, 0.15) is 16.9 Å². The Labute approximate surface area is 202 Å². The van der Waals surface area contributed by atoms with Crippen LogP contribution in [0.2, 0.25) is 5.02 Å². The molecule has 5 heteroatoms. The number of ether oxygens (including phenoxy) is 1. The van der Waals surface area contributed by atoms with Gasteiger partial charge in [-0.1, -0.05) is 84.0 Å². The highest BCUT2D eigenvalue weighted by Crippen LogP contribution is 2.48. The number of amides is 1. The van der Waals surface area contributed by atoms with E-state index in [1.165, 1.54) is 0 Å². The van der Waals surface area contributed by atoms with Crippen LogP contribution in [0.25, 0.3) is 6.08 Å². The highest BCUT2D eigenvalue weighted by molar-refractivity contribution is 8.05. The lowest BCUT2D eigenvalue weighted by atomic mass is 10.1. The van der Waals surface area contributed by atoms with Crippen molar-refractivity contribution in [3.05, 3.63) is 130 Å². The second-order valence-corrected chi connectivity index (χ2v) is 9.09.